The molecule has 0 aromatic heterocycles. The molecule has 1 fully saturated rings. The van der Waals surface area contributed by atoms with Crippen LogP contribution < -0.4 is 4.74 Å². The van der Waals surface area contributed by atoms with Crippen molar-refractivity contribution in [1.82, 2.24) is 0 Å². The van der Waals surface area contributed by atoms with E-state index in [0.717, 1.165) is 0 Å². The maximum atomic E-state index is 12.6. The first-order valence-electron chi connectivity index (χ1n) is 7.56. The van der Waals surface area contributed by atoms with Gasteiger partial charge in [0.15, 0.2) is 5.78 Å². The number of hydrogen-bond donors (Lipinski definition) is 0. The van der Waals surface area contributed by atoms with Gasteiger partial charge >= 0.3 is 11.9 Å². The topological polar surface area (TPSA) is 78.9 Å². The Morgan fingerprint density at radius 1 is 0.870 bits per heavy atom. The minimum atomic E-state index is -0.761. The Bertz CT molecular complexity index is 568. The molecule has 0 saturated heterocycles. The van der Waals surface area contributed by atoms with Crippen molar-refractivity contribution in [1.29, 1.82) is 0 Å². The van der Waals surface area contributed by atoms with Gasteiger partial charge in [0, 0.05) is 5.56 Å². The van der Waals surface area contributed by atoms with Gasteiger partial charge in [0.1, 0.15) is 5.75 Å². The number of ketones is 1. The van der Waals surface area contributed by atoms with Crippen LogP contribution in [0.15, 0.2) is 24.3 Å². The maximum Gasteiger partial charge on any atom is 0.310 e. The fraction of sp³-hybridized carbons (Fsp3) is 0.471. The quantitative estimate of drug-likeness (QED) is 0.564. The lowest BCUT2D eigenvalue weighted by atomic mass is 10.1. The lowest BCUT2D eigenvalue weighted by Crippen LogP contribution is -2.13. The van der Waals surface area contributed by atoms with Gasteiger partial charge in [-0.15, -0.1) is 0 Å². The number of ether oxygens (including phenoxy) is 3. The lowest BCUT2D eigenvalue weighted by Gasteiger charge is -2.03. The van der Waals surface area contributed by atoms with Gasteiger partial charge in [0.05, 0.1) is 38.1 Å². The smallest absolute Gasteiger partial charge is 0.310 e. The molecule has 1 aromatic carbocycles. The van der Waals surface area contributed by atoms with Gasteiger partial charge in [-0.3, -0.25) is 14.4 Å². The Kier molecular flexibility index (Phi) is 5.36. The Balaban J connectivity index is 2.18. The summed E-state index contributed by atoms with van der Waals surface area (Å²) in [5.41, 5.74) is 0.428. The normalized spacial score (nSPS) is 22.1. The first-order valence-corrected chi connectivity index (χ1v) is 7.56. The third-order valence-electron chi connectivity index (χ3n) is 3.81. The first-order chi connectivity index (χ1) is 11.0. The van der Waals surface area contributed by atoms with E-state index in [2.05, 4.69) is 0 Å². The third kappa shape index (κ3) is 3.52. The number of Topliss-reactive ketones (excluding diaryl/α,β-unsaturated/α-hetero) is 1. The fourth-order valence-electron chi connectivity index (χ4n) is 2.65. The van der Waals surface area contributed by atoms with E-state index in [1.807, 2.05) is 0 Å². The Morgan fingerprint density at radius 3 is 1.74 bits per heavy atom. The summed E-state index contributed by atoms with van der Waals surface area (Å²) in [5, 5.41) is 0. The molecular weight excluding hydrogens is 300 g/mol. The van der Waals surface area contributed by atoms with Crippen molar-refractivity contribution >= 4 is 17.7 Å². The summed E-state index contributed by atoms with van der Waals surface area (Å²) in [6.45, 7) is 3.77. The molecule has 0 N–H and O–H groups in total. The molecule has 1 unspecified atom stereocenters. The van der Waals surface area contributed by atoms with Crippen LogP contribution in [0.3, 0.4) is 0 Å². The van der Waals surface area contributed by atoms with Gasteiger partial charge in [-0.05, 0) is 38.1 Å². The van der Waals surface area contributed by atoms with Crippen molar-refractivity contribution in [3.63, 3.8) is 0 Å². The Morgan fingerprint density at radius 2 is 1.35 bits per heavy atom. The molecular formula is C17H20O6. The number of rotatable bonds is 7. The number of carbonyl (C=O) groups is 3. The molecule has 3 atom stereocenters. The molecule has 6 nitrogen and oxygen atoms in total. The molecule has 1 aromatic rings. The van der Waals surface area contributed by atoms with E-state index in [4.69, 9.17) is 14.2 Å². The van der Waals surface area contributed by atoms with Gasteiger partial charge in [-0.2, -0.15) is 0 Å². The second-order valence-electron chi connectivity index (χ2n) is 5.17. The summed E-state index contributed by atoms with van der Waals surface area (Å²) in [5.74, 6) is -2.94. The van der Waals surface area contributed by atoms with E-state index in [1.165, 1.54) is 7.11 Å². The Hall–Kier alpha value is -2.37. The molecule has 6 heteroatoms. The van der Waals surface area contributed by atoms with Crippen LogP contribution in [0.2, 0.25) is 0 Å². The van der Waals surface area contributed by atoms with E-state index in [9.17, 15) is 14.4 Å². The summed E-state index contributed by atoms with van der Waals surface area (Å²) >= 11 is 0. The third-order valence-corrected chi connectivity index (χ3v) is 3.81. The zero-order chi connectivity index (χ0) is 17.0. The second-order valence-corrected chi connectivity index (χ2v) is 5.17. The summed E-state index contributed by atoms with van der Waals surface area (Å²) in [6, 6.07) is 6.55. The summed E-state index contributed by atoms with van der Waals surface area (Å²) < 4.78 is 15.0. The molecule has 1 aliphatic carbocycles. The molecule has 0 aliphatic heterocycles. The molecule has 0 heterocycles. The zero-order valence-electron chi connectivity index (χ0n) is 13.4. The van der Waals surface area contributed by atoms with Crippen molar-refractivity contribution in [2.75, 3.05) is 20.3 Å². The molecule has 1 aliphatic rings. The monoisotopic (exact) mass is 320 g/mol. The largest absolute Gasteiger partial charge is 0.497 e. The van der Waals surface area contributed by atoms with Crippen LogP contribution in [0.1, 0.15) is 24.2 Å². The maximum absolute atomic E-state index is 12.6. The SMILES string of the molecule is CCOC(=O)[C@@H]1C(C(=O)c2ccc(OC)cc2)[C@@H]1C(=O)OCC. The van der Waals surface area contributed by atoms with Crippen LogP contribution >= 0.6 is 0 Å². The second kappa shape index (κ2) is 7.26. The van der Waals surface area contributed by atoms with Crippen LogP contribution in [-0.4, -0.2) is 38.0 Å². The predicted molar refractivity (Wildman–Crippen MR) is 81.1 cm³/mol. The average molecular weight is 320 g/mol. The highest BCUT2D eigenvalue weighted by atomic mass is 16.5. The van der Waals surface area contributed by atoms with Crippen molar-refractivity contribution in [3.8, 4) is 5.75 Å². The number of esters is 2. The fourth-order valence-corrected chi connectivity index (χ4v) is 2.65. The molecule has 0 radical (unpaired) electrons. The first kappa shape index (κ1) is 17.0. The molecule has 124 valence electrons. The van der Waals surface area contributed by atoms with Crippen molar-refractivity contribution in [2.24, 2.45) is 17.8 Å². The highest BCUT2D eigenvalue weighted by molar-refractivity contribution is 6.07. The van der Waals surface area contributed by atoms with Crippen molar-refractivity contribution in [3.05, 3.63) is 29.8 Å². The zero-order valence-corrected chi connectivity index (χ0v) is 13.4. The van der Waals surface area contributed by atoms with Gasteiger partial charge in [-0.1, -0.05) is 0 Å². The van der Waals surface area contributed by atoms with E-state index >= 15 is 0 Å². The van der Waals surface area contributed by atoms with Crippen LogP contribution in [-0.2, 0) is 19.1 Å². The van der Waals surface area contributed by atoms with Crippen LogP contribution in [0.5, 0.6) is 5.75 Å². The van der Waals surface area contributed by atoms with Crippen LogP contribution in [0, 0.1) is 17.8 Å². The van der Waals surface area contributed by atoms with E-state index in [-0.39, 0.29) is 19.0 Å². The minimum Gasteiger partial charge on any atom is -0.497 e. The minimum absolute atomic E-state index is 0.203. The summed E-state index contributed by atoms with van der Waals surface area (Å²) in [4.78, 5) is 36.5. The molecule has 23 heavy (non-hydrogen) atoms. The standard InChI is InChI=1S/C17H20O6/c1-4-22-16(19)13-12(14(13)17(20)23-5-2)15(18)10-6-8-11(21-3)9-7-10/h6-9,12-14H,4-5H2,1-3H3/t12?,13-,14+. The average Bonchev–Trinajstić information content (AvgIpc) is 3.30. The van der Waals surface area contributed by atoms with Crippen molar-refractivity contribution < 1.29 is 28.6 Å². The Labute approximate surface area is 134 Å². The van der Waals surface area contributed by atoms with E-state index in [0.29, 0.717) is 11.3 Å². The molecule has 2 rings (SSSR count). The lowest BCUT2D eigenvalue weighted by molar-refractivity contribution is -0.150. The predicted octanol–water partition coefficient (Wildman–Crippen LogP) is 1.87. The van der Waals surface area contributed by atoms with Crippen LogP contribution in [0.4, 0.5) is 0 Å². The van der Waals surface area contributed by atoms with E-state index < -0.39 is 29.7 Å². The van der Waals surface area contributed by atoms with Gasteiger partial charge in [0.25, 0.3) is 0 Å². The molecule has 1 saturated carbocycles. The van der Waals surface area contributed by atoms with Crippen LogP contribution in [0.25, 0.3) is 0 Å². The number of benzene rings is 1. The highest BCUT2D eigenvalue weighted by Gasteiger charge is 2.64. The van der Waals surface area contributed by atoms with Crippen molar-refractivity contribution in [2.45, 2.75) is 13.8 Å². The van der Waals surface area contributed by atoms with E-state index in [1.54, 1.807) is 38.1 Å². The molecule has 0 bridgehead atoms. The molecule has 0 spiro atoms. The number of hydrogen-bond acceptors (Lipinski definition) is 6. The van der Waals surface area contributed by atoms with Gasteiger partial charge in [0.2, 0.25) is 0 Å². The molecule has 0 amide bonds. The summed E-state index contributed by atoms with van der Waals surface area (Å²) in [7, 11) is 1.53. The summed E-state index contributed by atoms with van der Waals surface area (Å²) in [6.07, 6.45) is 0. The number of methoxy groups -OCH3 is 1. The van der Waals surface area contributed by atoms with Gasteiger partial charge in [-0.25, -0.2) is 0 Å². The number of carbonyl (C=O) groups excluding carboxylic acids is 3. The van der Waals surface area contributed by atoms with Gasteiger partial charge < -0.3 is 14.2 Å². The highest BCUT2D eigenvalue weighted by Crippen LogP contribution is 2.50.